The zero-order valence-electron chi connectivity index (χ0n) is 32.8. The molecule has 13 nitrogen and oxygen atoms in total. The minimum atomic E-state index is -2.16. The Kier molecular flexibility index (Phi) is 15.2. The molecule has 5 atom stereocenters. The van der Waals surface area contributed by atoms with Crippen LogP contribution < -0.4 is 0 Å². The van der Waals surface area contributed by atoms with Crippen LogP contribution in [0.2, 0.25) is 0 Å². The third-order valence-electron chi connectivity index (χ3n) is 9.14. The van der Waals surface area contributed by atoms with E-state index in [1.165, 1.54) is 97.1 Å². The van der Waals surface area contributed by atoms with E-state index in [9.17, 15) is 33.6 Å². The molecule has 13 heteroatoms. The Morgan fingerprint density at radius 2 is 0.613 bits per heavy atom. The molecule has 6 aromatic rings. The van der Waals surface area contributed by atoms with Crippen LogP contribution in [0.15, 0.2) is 182 Å². The lowest BCUT2D eigenvalue weighted by atomic mass is 9.97. The molecule has 62 heavy (non-hydrogen) atoms. The minimum absolute atomic E-state index is 0.000126. The van der Waals surface area contributed by atoms with E-state index in [-0.39, 0.29) is 39.7 Å². The first-order valence-corrected chi connectivity index (χ1v) is 19.2. The molecular weight excluding hydrogens is 797 g/mol. The highest BCUT2D eigenvalue weighted by atomic mass is 16.6. The average molecular weight is 835 g/mol. The zero-order chi connectivity index (χ0) is 43.7. The molecule has 0 heterocycles. The molecule has 0 aliphatic carbocycles. The number of hydrogen-bond acceptors (Lipinski definition) is 13. The quantitative estimate of drug-likeness (QED) is 0.0485. The van der Waals surface area contributed by atoms with Crippen LogP contribution in [0.3, 0.4) is 0 Å². The highest BCUT2D eigenvalue weighted by molar-refractivity contribution is 5.93. The van der Waals surface area contributed by atoms with Crippen LogP contribution in [-0.2, 0) is 33.2 Å². The van der Waals surface area contributed by atoms with Gasteiger partial charge < -0.3 is 28.4 Å². The molecule has 0 spiro atoms. The topological polar surface area (TPSA) is 175 Å². The summed E-state index contributed by atoms with van der Waals surface area (Å²) in [6.07, 6.45) is -10.2. The maximum Gasteiger partial charge on any atom is 0.338 e. The van der Waals surface area contributed by atoms with Gasteiger partial charge in [0.1, 0.15) is 6.61 Å². The molecule has 0 aliphatic rings. The number of aldehydes is 1. The second kappa shape index (κ2) is 21.7. The fourth-order valence-corrected chi connectivity index (χ4v) is 6.02. The number of rotatable bonds is 18. The van der Waals surface area contributed by atoms with Gasteiger partial charge in [0.15, 0.2) is 36.8 Å². The third kappa shape index (κ3) is 11.7. The summed E-state index contributed by atoms with van der Waals surface area (Å²) in [5.74, 6) is -6.17. The molecule has 312 valence electrons. The van der Waals surface area contributed by atoms with E-state index in [2.05, 4.69) is 0 Å². The maximum absolute atomic E-state index is 14.2. The largest absolute Gasteiger partial charge is 0.458 e. The van der Waals surface area contributed by atoms with Crippen molar-refractivity contribution in [1.82, 2.24) is 0 Å². The molecule has 0 saturated carbocycles. The molecule has 0 amide bonds. The smallest absolute Gasteiger partial charge is 0.338 e. The van der Waals surface area contributed by atoms with Crippen molar-refractivity contribution >= 4 is 42.1 Å². The monoisotopic (exact) mass is 834 g/mol. The zero-order valence-corrected chi connectivity index (χ0v) is 32.8. The summed E-state index contributed by atoms with van der Waals surface area (Å²) in [7, 11) is 0. The number of esters is 6. The molecular formula is C49H38O13. The van der Waals surface area contributed by atoms with Gasteiger partial charge >= 0.3 is 35.8 Å². The molecule has 0 bridgehead atoms. The molecule has 0 radical (unpaired) electrons. The Balaban J connectivity index is 1.53. The highest BCUT2D eigenvalue weighted by Gasteiger charge is 2.49. The lowest BCUT2D eigenvalue weighted by Crippen LogP contribution is -2.57. The summed E-state index contributed by atoms with van der Waals surface area (Å²) in [6.45, 7) is -0.854. The van der Waals surface area contributed by atoms with E-state index in [0.717, 1.165) is 0 Å². The van der Waals surface area contributed by atoms with Gasteiger partial charge in [-0.05, 0) is 72.8 Å². The van der Waals surface area contributed by atoms with Crippen molar-refractivity contribution in [3.8, 4) is 0 Å². The number of carbonyl (C=O) groups is 7. The standard InChI is InChI=1S/C49H38O13/c50-31-39(58-45(52)34-21-9-2-10-22-34)41(60-47(54)36-25-13-4-14-26-36)43(62-49(56)38-29-17-6-18-30-38)42(61-48(55)37-27-15-5-16-28-37)40(59-46(53)35-23-11-3-12-24-35)32-57-44(51)33-19-7-1-8-20-33/h1-31,39-43H,32H2/t39-,40+,41+,42+,43+/m0/s1. The SMILES string of the molecule is O=C[C@H](OC(=O)c1ccccc1)[C@@H](OC(=O)c1ccccc1)[C@@H](OC(=O)c1ccccc1)[C@H](OC(=O)c1ccccc1)[C@@H](COC(=O)c1ccccc1)OC(=O)c1ccccc1. The van der Waals surface area contributed by atoms with Gasteiger partial charge in [-0.2, -0.15) is 0 Å². The molecule has 0 unspecified atom stereocenters. The lowest BCUT2D eigenvalue weighted by molar-refractivity contribution is -0.155. The summed E-state index contributed by atoms with van der Waals surface area (Å²) >= 11 is 0. The van der Waals surface area contributed by atoms with Crippen molar-refractivity contribution in [2.75, 3.05) is 6.61 Å². The van der Waals surface area contributed by atoms with Crippen molar-refractivity contribution in [2.24, 2.45) is 0 Å². The molecule has 0 aliphatic heterocycles. The fraction of sp³-hybridized carbons (Fsp3) is 0.122. The summed E-state index contributed by atoms with van der Waals surface area (Å²) in [4.78, 5) is 96.4. The highest BCUT2D eigenvalue weighted by Crippen LogP contribution is 2.27. The summed E-state index contributed by atoms with van der Waals surface area (Å²) in [5.41, 5.74) is 0.0177. The first-order chi connectivity index (χ1) is 30.2. The molecule has 0 aromatic heterocycles. The first kappa shape index (κ1) is 43.4. The van der Waals surface area contributed by atoms with Gasteiger partial charge in [-0.15, -0.1) is 0 Å². The molecule has 6 rings (SSSR count). The van der Waals surface area contributed by atoms with Crippen LogP contribution >= 0.6 is 0 Å². The number of hydrogen-bond donors (Lipinski definition) is 0. The van der Waals surface area contributed by atoms with Gasteiger partial charge in [-0.1, -0.05) is 109 Å². The molecule has 0 fully saturated rings. The lowest BCUT2D eigenvalue weighted by Gasteiger charge is -2.37. The van der Waals surface area contributed by atoms with Gasteiger partial charge in [0.05, 0.1) is 33.4 Å². The predicted molar refractivity (Wildman–Crippen MR) is 221 cm³/mol. The maximum atomic E-state index is 14.2. The van der Waals surface area contributed by atoms with Crippen LogP contribution in [0.5, 0.6) is 0 Å². The van der Waals surface area contributed by atoms with Crippen molar-refractivity contribution in [3.05, 3.63) is 215 Å². The van der Waals surface area contributed by atoms with Crippen LogP contribution in [0.1, 0.15) is 62.1 Å². The van der Waals surface area contributed by atoms with Crippen molar-refractivity contribution in [3.63, 3.8) is 0 Å². The Bertz CT molecular complexity index is 2430. The second-order valence-electron chi connectivity index (χ2n) is 13.4. The number of benzene rings is 6. The Morgan fingerprint density at radius 1 is 0.339 bits per heavy atom. The average Bonchev–Trinajstić information content (AvgIpc) is 3.33. The van der Waals surface area contributed by atoms with Crippen molar-refractivity contribution in [1.29, 1.82) is 0 Å². The van der Waals surface area contributed by atoms with Gasteiger partial charge in [0, 0.05) is 0 Å². The predicted octanol–water partition coefficient (Wildman–Crippen LogP) is 7.17. The van der Waals surface area contributed by atoms with Crippen LogP contribution in [-0.4, -0.2) is 79.2 Å². The first-order valence-electron chi connectivity index (χ1n) is 19.2. The van der Waals surface area contributed by atoms with Gasteiger partial charge in [0.2, 0.25) is 0 Å². The van der Waals surface area contributed by atoms with Gasteiger partial charge in [0.25, 0.3) is 0 Å². The van der Waals surface area contributed by atoms with Gasteiger partial charge in [-0.3, -0.25) is 4.79 Å². The number of ether oxygens (including phenoxy) is 6. The van der Waals surface area contributed by atoms with Crippen LogP contribution in [0.4, 0.5) is 0 Å². The minimum Gasteiger partial charge on any atom is -0.458 e. The third-order valence-corrected chi connectivity index (χ3v) is 9.14. The van der Waals surface area contributed by atoms with E-state index >= 15 is 0 Å². The normalized spacial score (nSPS) is 13.0. The molecule has 0 N–H and O–H groups in total. The second-order valence-corrected chi connectivity index (χ2v) is 13.4. The summed E-state index contributed by atoms with van der Waals surface area (Å²) in [6, 6.07) is 45.6. The Labute approximate surface area is 355 Å². The molecule has 0 saturated heterocycles. The number of carbonyl (C=O) groups excluding carboxylic acids is 7. The van der Waals surface area contributed by atoms with E-state index < -0.39 is 72.9 Å². The molecule has 6 aromatic carbocycles. The van der Waals surface area contributed by atoms with E-state index in [1.807, 2.05) is 0 Å². The Hall–Kier alpha value is -8.19. The Morgan fingerprint density at radius 3 is 0.952 bits per heavy atom. The van der Waals surface area contributed by atoms with E-state index in [4.69, 9.17) is 28.4 Å². The van der Waals surface area contributed by atoms with Crippen molar-refractivity contribution < 1.29 is 62.0 Å². The summed E-state index contributed by atoms with van der Waals surface area (Å²) in [5, 5.41) is 0. The van der Waals surface area contributed by atoms with Crippen LogP contribution in [0.25, 0.3) is 0 Å². The van der Waals surface area contributed by atoms with Gasteiger partial charge in [-0.25, -0.2) is 28.8 Å². The van der Waals surface area contributed by atoms with Crippen molar-refractivity contribution in [2.45, 2.75) is 30.5 Å². The van der Waals surface area contributed by atoms with E-state index in [1.54, 1.807) is 84.9 Å². The van der Waals surface area contributed by atoms with E-state index in [0.29, 0.717) is 0 Å². The fourth-order valence-electron chi connectivity index (χ4n) is 6.02. The van der Waals surface area contributed by atoms with Crippen LogP contribution in [0, 0.1) is 0 Å². The summed E-state index contributed by atoms with van der Waals surface area (Å²) < 4.78 is 35.5.